The summed E-state index contributed by atoms with van der Waals surface area (Å²) >= 11 is 1.40. The summed E-state index contributed by atoms with van der Waals surface area (Å²) in [5.41, 5.74) is 1.71. The summed E-state index contributed by atoms with van der Waals surface area (Å²) in [7, 11) is 0. The van der Waals surface area contributed by atoms with Gasteiger partial charge in [0, 0.05) is 18.1 Å². The highest BCUT2D eigenvalue weighted by Gasteiger charge is 1.97. The van der Waals surface area contributed by atoms with Gasteiger partial charge < -0.3 is 4.57 Å². The number of nitriles is 1. The van der Waals surface area contributed by atoms with E-state index >= 15 is 0 Å². The summed E-state index contributed by atoms with van der Waals surface area (Å²) in [5, 5.41) is 18.3. The fourth-order valence-electron chi connectivity index (χ4n) is 1.36. The van der Waals surface area contributed by atoms with Crippen LogP contribution in [-0.4, -0.2) is 4.57 Å². The van der Waals surface area contributed by atoms with Crippen LogP contribution in [0.1, 0.15) is 11.1 Å². The molecule has 15 heavy (non-hydrogen) atoms. The SMILES string of the molecule is N#Cc1cccc(Cn2ccsc2=N)c1. The molecule has 0 unspecified atom stereocenters. The van der Waals surface area contributed by atoms with Crippen LogP contribution in [0.2, 0.25) is 0 Å². The number of thiazole rings is 1. The second-order valence-electron chi connectivity index (χ2n) is 3.15. The van der Waals surface area contributed by atoms with Gasteiger partial charge in [-0.25, -0.2) is 0 Å². The summed E-state index contributed by atoms with van der Waals surface area (Å²) in [6.45, 7) is 0.651. The molecule has 0 atom stereocenters. The smallest absolute Gasteiger partial charge is 0.182 e. The number of nitrogens with one attached hydrogen (secondary N) is 1. The van der Waals surface area contributed by atoms with E-state index in [-0.39, 0.29) is 0 Å². The van der Waals surface area contributed by atoms with E-state index in [9.17, 15) is 0 Å². The number of rotatable bonds is 2. The molecule has 2 aromatic rings. The molecule has 0 radical (unpaired) electrons. The minimum atomic E-state index is 0.525. The standard InChI is InChI=1S/C11H9N3S/c12-7-9-2-1-3-10(6-9)8-14-4-5-15-11(14)13/h1-6,13H,8H2. The van der Waals surface area contributed by atoms with E-state index in [1.54, 1.807) is 6.07 Å². The van der Waals surface area contributed by atoms with E-state index in [0.717, 1.165) is 5.56 Å². The number of hydrogen-bond donors (Lipinski definition) is 1. The lowest BCUT2D eigenvalue weighted by molar-refractivity contribution is 0.759. The van der Waals surface area contributed by atoms with Gasteiger partial charge in [-0.1, -0.05) is 12.1 Å². The maximum atomic E-state index is 8.75. The Labute approximate surface area is 91.4 Å². The molecule has 4 heteroatoms. The molecule has 2 rings (SSSR count). The van der Waals surface area contributed by atoms with Crippen molar-refractivity contribution in [3.05, 3.63) is 51.8 Å². The van der Waals surface area contributed by atoms with Crippen molar-refractivity contribution >= 4 is 11.3 Å². The van der Waals surface area contributed by atoms with Crippen LogP contribution in [0.4, 0.5) is 0 Å². The largest absolute Gasteiger partial charge is 0.320 e. The third-order valence-corrected chi connectivity index (χ3v) is 2.81. The van der Waals surface area contributed by atoms with Crippen LogP contribution >= 0.6 is 11.3 Å². The molecule has 0 saturated heterocycles. The number of nitrogens with zero attached hydrogens (tertiary/aromatic N) is 2. The predicted octanol–water partition coefficient (Wildman–Crippen LogP) is 1.95. The fraction of sp³-hybridized carbons (Fsp3) is 0.0909. The second kappa shape index (κ2) is 4.11. The van der Waals surface area contributed by atoms with Crippen molar-refractivity contribution in [3.63, 3.8) is 0 Å². The molecule has 0 aliphatic carbocycles. The van der Waals surface area contributed by atoms with Gasteiger partial charge in [-0.15, -0.1) is 11.3 Å². The quantitative estimate of drug-likeness (QED) is 0.817. The van der Waals surface area contributed by atoms with Crippen LogP contribution < -0.4 is 4.80 Å². The third kappa shape index (κ3) is 2.14. The molecule has 74 valence electrons. The van der Waals surface area contributed by atoms with Crippen molar-refractivity contribution in [1.29, 1.82) is 10.7 Å². The van der Waals surface area contributed by atoms with Gasteiger partial charge >= 0.3 is 0 Å². The molecule has 0 aliphatic heterocycles. The first-order chi connectivity index (χ1) is 7.29. The van der Waals surface area contributed by atoms with Crippen molar-refractivity contribution < 1.29 is 0 Å². The lowest BCUT2D eigenvalue weighted by atomic mass is 10.1. The third-order valence-electron chi connectivity index (χ3n) is 2.09. The summed E-state index contributed by atoms with van der Waals surface area (Å²) in [6, 6.07) is 9.57. The molecule has 0 fully saturated rings. The van der Waals surface area contributed by atoms with E-state index in [1.165, 1.54) is 11.3 Å². The Morgan fingerprint density at radius 3 is 3.00 bits per heavy atom. The topological polar surface area (TPSA) is 52.6 Å². The predicted molar refractivity (Wildman–Crippen MR) is 58.4 cm³/mol. The molecular formula is C11H9N3S. The maximum Gasteiger partial charge on any atom is 0.182 e. The lowest BCUT2D eigenvalue weighted by Gasteiger charge is -2.02. The monoisotopic (exact) mass is 215 g/mol. The van der Waals surface area contributed by atoms with Gasteiger partial charge in [0.05, 0.1) is 11.6 Å². The van der Waals surface area contributed by atoms with E-state index < -0.39 is 0 Å². The van der Waals surface area contributed by atoms with Gasteiger partial charge in [-0.3, -0.25) is 5.41 Å². The van der Waals surface area contributed by atoms with Crippen LogP contribution in [0.5, 0.6) is 0 Å². The Bertz CT molecular complexity index is 559. The molecule has 1 heterocycles. The fourth-order valence-corrected chi connectivity index (χ4v) is 1.96. The van der Waals surface area contributed by atoms with E-state index in [4.69, 9.17) is 10.7 Å². The summed E-state index contributed by atoms with van der Waals surface area (Å²) in [6.07, 6.45) is 1.88. The second-order valence-corrected chi connectivity index (χ2v) is 4.04. The Morgan fingerprint density at radius 1 is 1.47 bits per heavy atom. The van der Waals surface area contributed by atoms with Crippen LogP contribution in [0.3, 0.4) is 0 Å². The van der Waals surface area contributed by atoms with Crippen molar-refractivity contribution in [2.75, 3.05) is 0 Å². The van der Waals surface area contributed by atoms with E-state index in [0.29, 0.717) is 16.9 Å². The normalized spacial score (nSPS) is 9.80. The first-order valence-electron chi connectivity index (χ1n) is 4.47. The zero-order valence-corrected chi connectivity index (χ0v) is 8.79. The molecule has 0 amide bonds. The minimum absolute atomic E-state index is 0.525. The zero-order chi connectivity index (χ0) is 10.7. The van der Waals surface area contributed by atoms with E-state index in [2.05, 4.69) is 6.07 Å². The molecular weight excluding hydrogens is 206 g/mol. The maximum absolute atomic E-state index is 8.75. The summed E-state index contributed by atoms with van der Waals surface area (Å²) < 4.78 is 1.85. The Morgan fingerprint density at radius 2 is 2.33 bits per heavy atom. The van der Waals surface area contributed by atoms with Crippen molar-refractivity contribution in [2.45, 2.75) is 6.54 Å². The van der Waals surface area contributed by atoms with Gasteiger partial charge in [0.1, 0.15) is 0 Å². The van der Waals surface area contributed by atoms with Gasteiger partial charge in [0.2, 0.25) is 0 Å². The molecule has 1 aromatic heterocycles. The van der Waals surface area contributed by atoms with Gasteiger partial charge in [-0.2, -0.15) is 5.26 Å². The highest BCUT2D eigenvalue weighted by molar-refractivity contribution is 7.06. The number of hydrogen-bond acceptors (Lipinski definition) is 3. The van der Waals surface area contributed by atoms with Crippen LogP contribution in [0.25, 0.3) is 0 Å². The highest BCUT2D eigenvalue weighted by atomic mass is 32.1. The Balaban J connectivity index is 2.29. The van der Waals surface area contributed by atoms with E-state index in [1.807, 2.05) is 34.3 Å². The molecule has 1 N–H and O–H groups in total. The van der Waals surface area contributed by atoms with Crippen LogP contribution in [0, 0.1) is 16.7 Å². The summed E-state index contributed by atoms with van der Waals surface area (Å²) in [4.78, 5) is 0.525. The van der Waals surface area contributed by atoms with Gasteiger partial charge in [0.25, 0.3) is 0 Å². The minimum Gasteiger partial charge on any atom is -0.320 e. The van der Waals surface area contributed by atoms with Gasteiger partial charge in [-0.05, 0) is 17.7 Å². The van der Waals surface area contributed by atoms with Gasteiger partial charge in [0.15, 0.2) is 4.80 Å². The molecule has 1 aromatic carbocycles. The Kier molecular flexibility index (Phi) is 2.66. The average Bonchev–Trinajstić information content (AvgIpc) is 2.65. The first-order valence-corrected chi connectivity index (χ1v) is 5.35. The first kappa shape index (κ1) is 9.69. The highest BCUT2D eigenvalue weighted by Crippen LogP contribution is 2.05. The zero-order valence-electron chi connectivity index (χ0n) is 7.97. The molecule has 0 saturated carbocycles. The molecule has 0 aliphatic rings. The molecule has 0 bridgehead atoms. The molecule has 0 spiro atoms. The average molecular weight is 215 g/mol. The van der Waals surface area contributed by atoms with Crippen molar-refractivity contribution in [2.24, 2.45) is 0 Å². The summed E-state index contributed by atoms with van der Waals surface area (Å²) in [5.74, 6) is 0. The lowest BCUT2D eigenvalue weighted by Crippen LogP contribution is -2.12. The number of aromatic nitrogens is 1. The van der Waals surface area contributed by atoms with Crippen molar-refractivity contribution in [3.8, 4) is 6.07 Å². The van der Waals surface area contributed by atoms with Crippen LogP contribution in [-0.2, 0) is 6.54 Å². The Hall–Kier alpha value is -1.86. The van der Waals surface area contributed by atoms with Crippen LogP contribution in [0.15, 0.2) is 35.8 Å². The number of benzene rings is 1. The molecule has 3 nitrogen and oxygen atoms in total. The van der Waals surface area contributed by atoms with Crippen molar-refractivity contribution in [1.82, 2.24) is 4.57 Å².